The van der Waals surface area contributed by atoms with Gasteiger partial charge in [0.1, 0.15) is 11.5 Å². The van der Waals surface area contributed by atoms with Gasteiger partial charge in [-0.3, -0.25) is 0 Å². The van der Waals surface area contributed by atoms with Crippen LogP contribution in [0.1, 0.15) is 31.7 Å². The summed E-state index contributed by atoms with van der Waals surface area (Å²) >= 11 is 0. The topological polar surface area (TPSA) is 47.7 Å². The highest BCUT2D eigenvalue weighted by Crippen LogP contribution is 2.39. The Labute approximate surface area is 112 Å². The van der Waals surface area contributed by atoms with E-state index in [9.17, 15) is 0 Å². The quantitative estimate of drug-likeness (QED) is 0.853. The molecule has 5 nitrogen and oxygen atoms in total. The Hall–Kier alpha value is -1.78. The standard InChI is InChI=1S/C14H19N5/c1-18-7-6-15-14(18)11-8-13-16-9-10-4-2-3-5-12(10)19(13)17-11/h6-8,10,12,16H,2-5,9H2,1H3. The van der Waals surface area contributed by atoms with Crippen LogP contribution < -0.4 is 5.32 Å². The molecule has 0 aromatic carbocycles. The molecule has 2 atom stereocenters. The molecule has 100 valence electrons. The van der Waals surface area contributed by atoms with Crippen LogP contribution in [0.25, 0.3) is 11.5 Å². The summed E-state index contributed by atoms with van der Waals surface area (Å²) in [5.41, 5.74) is 0.973. The molecule has 2 aliphatic rings. The van der Waals surface area contributed by atoms with Crippen LogP contribution in [-0.2, 0) is 7.05 Å². The number of hydrogen-bond donors (Lipinski definition) is 1. The number of rotatable bonds is 1. The molecule has 4 rings (SSSR count). The van der Waals surface area contributed by atoms with Gasteiger partial charge in [-0.2, -0.15) is 5.10 Å². The Bertz CT molecular complexity index is 597. The highest BCUT2D eigenvalue weighted by molar-refractivity contribution is 5.57. The van der Waals surface area contributed by atoms with Crippen molar-refractivity contribution in [2.24, 2.45) is 13.0 Å². The zero-order valence-corrected chi connectivity index (χ0v) is 11.2. The summed E-state index contributed by atoms with van der Waals surface area (Å²) in [5, 5.41) is 8.34. The number of anilines is 1. The first-order valence-corrected chi connectivity index (χ1v) is 7.14. The Morgan fingerprint density at radius 3 is 3.05 bits per heavy atom. The lowest BCUT2D eigenvalue weighted by atomic mass is 9.83. The van der Waals surface area contributed by atoms with Crippen LogP contribution in [0.5, 0.6) is 0 Å². The van der Waals surface area contributed by atoms with Gasteiger partial charge in [-0.1, -0.05) is 12.8 Å². The number of hydrogen-bond acceptors (Lipinski definition) is 3. The maximum absolute atomic E-state index is 4.81. The molecule has 0 bridgehead atoms. The summed E-state index contributed by atoms with van der Waals surface area (Å²) in [7, 11) is 2.01. The first kappa shape index (κ1) is 11.1. The van der Waals surface area contributed by atoms with E-state index in [4.69, 9.17) is 5.10 Å². The number of nitrogens with zero attached hydrogens (tertiary/aromatic N) is 4. The first-order chi connectivity index (χ1) is 9.33. The normalized spacial score (nSPS) is 25.5. The summed E-state index contributed by atoms with van der Waals surface area (Å²) in [6, 6.07) is 2.71. The minimum Gasteiger partial charge on any atom is -0.370 e. The number of imidazole rings is 1. The van der Waals surface area contributed by atoms with Crippen LogP contribution in [-0.4, -0.2) is 25.9 Å². The monoisotopic (exact) mass is 257 g/mol. The predicted octanol–water partition coefficient (Wildman–Crippen LogP) is 2.44. The second-order valence-corrected chi connectivity index (χ2v) is 5.71. The summed E-state index contributed by atoms with van der Waals surface area (Å²) in [6.07, 6.45) is 9.08. The summed E-state index contributed by atoms with van der Waals surface area (Å²) in [5.74, 6) is 2.84. The number of fused-ring (bicyclic) bond motifs is 3. The van der Waals surface area contributed by atoms with Gasteiger partial charge in [0.15, 0.2) is 5.82 Å². The van der Waals surface area contributed by atoms with E-state index in [-0.39, 0.29) is 0 Å². The maximum Gasteiger partial charge on any atom is 0.160 e. The highest BCUT2D eigenvalue weighted by atomic mass is 15.4. The van der Waals surface area contributed by atoms with Crippen LogP contribution in [0, 0.1) is 5.92 Å². The smallest absolute Gasteiger partial charge is 0.160 e. The van der Waals surface area contributed by atoms with Gasteiger partial charge in [0.2, 0.25) is 0 Å². The molecule has 3 heterocycles. The first-order valence-electron chi connectivity index (χ1n) is 7.14. The lowest BCUT2D eigenvalue weighted by Crippen LogP contribution is -2.34. The van der Waals surface area contributed by atoms with Gasteiger partial charge in [-0.15, -0.1) is 0 Å². The average Bonchev–Trinajstić information content (AvgIpc) is 3.04. The molecule has 0 saturated heterocycles. The molecule has 0 radical (unpaired) electrons. The van der Waals surface area contributed by atoms with E-state index in [0.717, 1.165) is 29.8 Å². The van der Waals surface area contributed by atoms with Crippen molar-refractivity contribution < 1.29 is 0 Å². The third kappa shape index (κ3) is 1.68. The number of aryl methyl sites for hydroxylation is 1. The van der Waals surface area contributed by atoms with E-state index in [0.29, 0.717) is 6.04 Å². The van der Waals surface area contributed by atoms with Crippen molar-refractivity contribution in [3.05, 3.63) is 18.5 Å². The van der Waals surface area contributed by atoms with Gasteiger partial charge in [-0.25, -0.2) is 9.67 Å². The minimum atomic E-state index is 0.582. The fourth-order valence-corrected chi connectivity index (χ4v) is 3.48. The van der Waals surface area contributed by atoms with E-state index >= 15 is 0 Å². The molecule has 1 N–H and O–H groups in total. The molecule has 2 unspecified atom stereocenters. The summed E-state index contributed by atoms with van der Waals surface area (Å²) < 4.78 is 4.23. The average molecular weight is 257 g/mol. The molecule has 1 fully saturated rings. The van der Waals surface area contributed by atoms with Crippen LogP contribution in [0.2, 0.25) is 0 Å². The Kier molecular flexibility index (Phi) is 2.40. The van der Waals surface area contributed by atoms with Gasteiger partial charge < -0.3 is 9.88 Å². The molecule has 19 heavy (non-hydrogen) atoms. The van der Waals surface area contributed by atoms with Crippen molar-refractivity contribution in [3.8, 4) is 11.5 Å². The third-order valence-corrected chi connectivity index (χ3v) is 4.51. The minimum absolute atomic E-state index is 0.582. The van der Waals surface area contributed by atoms with E-state index in [2.05, 4.69) is 21.0 Å². The predicted molar refractivity (Wildman–Crippen MR) is 73.9 cm³/mol. The molecule has 2 aromatic rings. The molecule has 1 aliphatic carbocycles. The van der Waals surface area contributed by atoms with Crippen LogP contribution >= 0.6 is 0 Å². The number of aromatic nitrogens is 4. The van der Waals surface area contributed by atoms with E-state index < -0.39 is 0 Å². The van der Waals surface area contributed by atoms with Gasteiger partial charge >= 0.3 is 0 Å². The van der Waals surface area contributed by atoms with Gasteiger partial charge in [-0.05, 0) is 18.8 Å². The van der Waals surface area contributed by atoms with E-state index in [1.807, 2.05) is 24.0 Å². The Morgan fingerprint density at radius 2 is 2.21 bits per heavy atom. The molecular formula is C14H19N5. The molecule has 0 spiro atoms. The van der Waals surface area contributed by atoms with Gasteiger partial charge in [0.25, 0.3) is 0 Å². The summed E-state index contributed by atoms with van der Waals surface area (Å²) in [4.78, 5) is 4.39. The van der Waals surface area contributed by atoms with Crippen molar-refractivity contribution >= 4 is 5.82 Å². The van der Waals surface area contributed by atoms with Crippen molar-refractivity contribution in [1.82, 2.24) is 19.3 Å². The Balaban J connectivity index is 1.75. The second kappa shape index (κ2) is 4.11. The second-order valence-electron chi connectivity index (χ2n) is 5.71. The number of nitrogens with one attached hydrogen (secondary N) is 1. The SMILES string of the molecule is Cn1ccnc1-c1cc2n(n1)C1CCCCC1CN2. The van der Waals surface area contributed by atoms with Crippen LogP contribution in [0.15, 0.2) is 18.5 Å². The van der Waals surface area contributed by atoms with E-state index in [1.54, 1.807) is 0 Å². The zero-order chi connectivity index (χ0) is 12.8. The van der Waals surface area contributed by atoms with Crippen molar-refractivity contribution in [3.63, 3.8) is 0 Å². The van der Waals surface area contributed by atoms with Crippen LogP contribution in [0.3, 0.4) is 0 Å². The highest BCUT2D eigenvalue weighted by Gasteiger charge is 2.32. The fraction of sp³-hybridized carbons (Fsp3) is 0.571. The van der Waals surface area contributed by atoms with Gasteiger partial charge in [0, 0.05) is 32.1 Å². The van der Waals surface area contributed by atoms with Crippen molar-refractivity contribution in [2.45, 2.75) is 31.7 Å². The molecule has 5 heteroatoms. The maximum atomic E-state index is 4.81. The molecule has 2 aromatic heterocycles. The lowest BCUT2D eigenvalue weighted by molar-refractivity contribution is 0.223. The van der Waals surface area contributed by atoms with Crippen LogP contribution in [0.4, 0.5) is 5.82 Å². The van der Waals surface area contributed by atoms with Gasteiger partial charge in [0.05, 0.1) is 6.04 Å². The van der Waals surface area contributed by atoms with Crippen molar-refractivity contribution in [2.75, 3.05) is 11.9 Å². The Morgan fingerprint density at radius 1 is 1.32 bits per heavy atom. The summed E-state index contributed by atoms with van der Waals surface area (Å²) in [6.45, 7) is 1.09. The van der Waals surface area contributed by atoms with E-state index in [1.165, 1.54) is 25.7 Å². The molecule has 1 saturated carbocycles. The van der Waals surface area contributed by atoms with Crippen molar-refractivity contribution in [1.29, 1.82) is 0 Å². The molecule has 0 amide bonds. The molecule has 1 aliphatic heterocycles. The molecular weight excluding hydrogens is 238 g/mol. The fourth-order valence-electron chi connectivity index (χ4n) is 3.48. The largest absolute Gasteiger partial charge is 0.370 e. The third-order valence-electron chi connectivity index (χ3n) is 4.51. The zero-order valence-electron chi connectivity index (χ0n) is 11.2. The lowest BCUT2D eigenvalue weighted by Gasteiger charge is -2.36.